The number of hydrogen-bond donors (Lipinski definition) is 0. The van der Waals surface area contributed by atoms with Crippen LogP contribution in [0.4, 0.5) is 0 Å². The summed E-state index contributed by atoms with van der Waals surface area (Å²) in [4.78, 5) is 20.4. The number of pyridine rings is 1. The Morgan fingerprint density at radius 2 is 1.93 bits per heavy atom. The van der Waals surface area contributed by atoms with Gasteiger partial charge in [0.25, 0.3) is 0 Å². The lowest BCUT2D eigenvalue weighted by Crippen LogP contribution is -1.75. The average molecular weight is 208 g/mol. The summed E-state index contributed by atoms with van der Waals surface area (Å²) >= 11 is 5.79. The smallest absolute Gasteiger partial charge is 0.256 e. The van der Waals surface area contributed by atoms with Crippen LogP contribution in [0.15, 0.2) is 36.5 Å². The molecule has 1 aromatic heterocycles. The third kappa shape index (κ3) is 2.66. The summed E-state index contributed by atoms with van der Waals surface area (Å²) in [7, 11) is 0. The molecule has 0 unspecified atom stereocenters. The van der Waals surface area contributed by atoms with E-state index in [-0.39, 0.29) is 6.15 Å². The molecule has 0 saturated heterocycles. The van der Waals surface area contributed by atoms with Crippen LogP contribution in [-0.2, 0) is 9.59 Å². The van der Waals surface area contributed by atoms with E-state index in [0.717, 1.165) is 15.9 Å². The van der Waals surface area contributed by atoms with Crippen molar-refractivity contribution in [2.75, 3.05) is 0 Å². The van der Waals surface area contributed by atoms with E-state index in [2.05, 4.69) is 4.98 Å². The highest BCUT2D eigenvalue weighted by Crippen LogP contribution is 2.16. The molecule has 0 spiro atoms. The molecule has 4 heteroatoms. The highest BCUT2D eigenvalue weighted by Gasteiger charge is 1.92. The quantitative estimate of drug-likeness (QED) is 0.666. The molecule has 2 rings (SSSR count). The minimum Gasteiger partial charge on any atom is -0.256 e. The first kappa shape index (κ1) is 10.4. The predicted molar refractivity (Wildman–Crippen MR) is 51.8 cm³/mol. The van der Waals surface area contributed by atoms with Crippen LogP contribution in [-0.4, -0.2) is 11.1 Å². The van der Waals surface area contributed by atoms with Crippen molar-refractivity contribution in [3.63, 3.8) is 0 Å². The van der Waals surface area contributed by atoms with Crippen molar-refractivity contribution >= 4 is 28.7 Å². The molecule has 70 valence electrons. The predicted octanol–water partition coefficient (Wildman–Crippen LogP) is 2.30. The molecule has 0 bridgehead atoms. The molecular weight excluding hydrogens is 202 g/mol. The molecular formula is C10H6ClNO2. The van der Waals surface area contributed by atoms with Gasteiger partial charge in [-0.3, -0.25) is 4.98 Å². The first-order chi connectivity index (χ1) is 6.77. The second-order valence-electron chi connectivity index (χ2n) is 2.42. The molecule has 2 aromatic rings. The van der Waals surface area contributed by atoms with E-state index in [9.17, 15) is 0 Å². The molecule has 0 N–H and O–H groups in total. The second-order valence-corrected chi connectivity index (χ2v) is 2.86. The maximum absolute atomic E-state index is 8.12. The molecule has 0 aliphatic rings. The maximum Gasteiger partial charge on any atom is 0.373 e. The molecule has 0 aliphatic heterocycles. The van der Waals surface area contributed by atoms with Crippen LogP contribution in [0.2, 0.25) is 5.02 Å². The van der Waals surface area contributed by atoms with Crippen LogP contribution >= 0.6 is 11.6 Å². The van der Waals surface area contributed by atoms with E-state index in [1.807, 2.05) is 30.3 Å². The van der Waals surface area contributed by atoms with E-state index in [4.69, 9.17) is 21.2 Å². The summed E-state index contributed by atoms with van der Waals surface area (Å²) in [6.07, 6.45) is 2.02. The number of nitrogens with zero attached hydrogens (tertiary/aromatic N) is 1. The third-order valence-electron chi connectivity index (χ3n) is 1.57. The standard InChI is InChI=1S/C9H6ClN.CO2/c10-8-3-4-9-7(6-8)2-1-5-11-9;2-1-3/h1-6H;. The van der Waals surface area contributed by atoms with Gasteiger partial charge in [0.2, 0.25) is 0 Å². The highest BCUT2D eigenvalue weighted by molar-refractivity contribution is 6.31. The number of halogens is 1. The van der Waals surface area contributed by atoms with Gasteiger partial charge in [0.05, 0.1) is 5.52 Å². The minimum atomic E-state index is 0.250. The summed E-state index contributed by atoms with van der Waals surface area (Å²) in [5.41, 5.74) is 0.983. The van der Waals surface area contributed by atoms with Crippen molar-refractivity contribution in [1.82, 2.24) is 4.98 Å². The van der Waals surface area contributed by atoms with Gasteiger partial charge in [-0.1, -0.05) is 17.7 Å². The van der Waals surface area contributed by atoms with Crippen LogP contribution < -0.4 is 0 Å². The zero-order chi connectivity index (χ0) is 10.4. The fraction of sp³-hybridized carbons (Fsp3) is 0. The lowest BCUT2D eigenvalue weighted by molar-refractivity contribution is -0.191. The van der Waals surface area contributed by atoms with Crippen molar-refractivity contribution in [2.45, 2.75) is 0 Å². The third-order valence-corrected chi connectivity index (χ3v) is 1.80. The molecule has 0 saturated carbocycles. The summed E-state index contributed by atoms with van der Waals surface area (Å²) < 4.78 is 0. The van der Waals surface area contributed by atoms with Gasteiger partial charge in [-0.15, -0.1) is 0 Å². The molecule has 1 aromatic carbocycles. The zero-order valence-corrected chi connectivity index (χ0v) is 7.86. The largest absolute Gasteiger partial charge is 0.373 e. The van der Waals surface area contributed by atoms with Gasteiger partial charge < -0.3 is 0 Å². The van der Waals surface area contributed by atoms with Crippen molar-refractivity contribution < 1.29 is 9.59 Å². The summed E-state index contributed by atoms with van der Waals surface area (Å²) in [6, 6.07) is 9.56. The van der Waals surface area contributed by atoms with Gasteiger partial charge in [0.1, 0.15) is 0 Å². The Bertz CT molecular complexity index is 464. The van der Waals surface area contributed by atoms with Crippen LogP contribution in [0.1, 0.15) is 0 Å². The van der Waals surface area contributed by atoms with Crippen molar-refractivity contribution in [2.24, 2.45) is 0 Å². The van der Waals surface area contributed by atoms with E-state index in [1.165, 1.54) is 0 Å². The molecule has 0 amide bonds. The van der Waals surface area contributed by atoms with E-state index in [1.54, 1.807) is 6.20 Å². The first-order valence-electron chi connectivity index (χ1n) is 3.77. The van der Waals surface area contributed by atoms with E-state index >= 15 is 0 Å². The summed E-state index contributed by atoms with van der Waals surface area (Å²) in [5.74, 6) is 0. The topological polar surface area (TPSA) is 47.0 Å². The molecule has 14 heavy (non-hydrogen) atoms. The Kier molecular flexibility index (Phi) is 3.80. The van der Waals surface area contributed by atoms with E-state index in [0.29, 0.717) is 0 Å². The lowest BCUT2D eigenvalue weighted by atomic mass is 10.2. The first-order valence-corrected chi connectivity index (χ1v) is 4.15. The van der Waals surface area contributed by atoms with Crippen LogP contribution in [0.3, 0.4) is 0 Å². The SMILES string of the molecule is Clc1ccc2ncccc2c1.O=C=O. The molecule has 0 fully saturated rings. The van der Waals surface area contributed by atoms with Gasteiger partial charge in [-0.2, -0.15) is 9.59 Å². The number of carbonyl (C=O) groups excluding carboxylic acids is 2. The number of aromatic nitrogens is 1. The van der Waals surface area contributed by atoms with Gasteiger partial charge >= 0.3 is 6.15 Å². The maximum atomic E-state index is 8.12. The Morgan fingerprint density at radius 1 is 1.21 bits per heavy atom. The second kappa shape index (κ2) is 5.12. The summed E-state index contributed by atoms with van der Waals surface area (Å²) in [5, 5.41) is 1.84. The molecule has 0 aliphatic carbocycles. The van der Waals surface area contributed by atoms with Gasteiger partial charge in [-0.25, -0.2) is 0 Å². The monoisotopic (exact) mass is 207 g/mol. The van der Waals surface area contributed by atoms with Crippen molar-refractivity contribution in [3.05, 3.63) is 41.6 Å². The fourth-order valence-electron chi connectivity index (χ4n) is 1.05. The Labute approximate surface area is 85.3 Å². The van der Waals surface area contributed by atoms with Gasteiger partial charge in [0, 0.05) is 16.6 Å². The zero-order valence-electron chi connectivity index (χ0n) is 7.11. The summed E-state index contributed by atoms with van der Waals surface area (Å²) in [6.45, 7) is 0. The number of rotatable bonds is 0. The highest BCUT2D eigenvalue weighted by atomic mass is 35.5. The molecule has 1 heterocycles. The van der Waals surface area contributed by atoms with Crippen LogP contribution in [0.5, 0.6) is 0 Å². The Hall–Kier alpha value is -1.70. The fourth-order valence-corrected chi connectivity index (χ4v) is 1.23. The Balaban J connectivity index is 0.000000293. The Morgan fingerprint density at radius 3 is 2.64 bits per heavy atom. The number of hydrogen-bond acceptors (Lipinski definition) is 3. The van der Waals surface area contributed by atoms with Crippen LogP contribution in [0, 0.1) is 0 Å². The number of benzene rings is 1. The van der Waals surface area contributed by atoms with Crippen molar-refractivity contribution in [1.29, 1.82) is 0 Å². The van der Waals surface area contributed by atoms with Crippen molar-refractivity contribution in [3.8, 4) is 0 Å². The normalized spacial score (nSPS) is 8.64. The number of fused-ring (bicyclic) bond motifs is 1. The minimum absolute atomic E-state index is 0.250. The molecule has 3 nitrogen and oxygen atoms in total. The van der Waals surface area contributed by atoms with E-state index < -0.39 is 0 Å². The average Bonchev–Trinajstić information content (AvgIpc) is 2.19. The van der Waals surface area contributed by atoms with Crippen LogP contribution in [0.25, 0.3) is 10.9 Å². The van der Waals surface area contributed by atoms with Gasteiger partial charge in [0.15, 0.2) is 0 Å². The molecule has 0 radical (unpaired) electrons. The molecule has 0 atom stereocenters. The lowest BCUT2D eigenvalue weighted by Gasteiger charge is -1.94. The van der Waals surface area contributed by atoms with Gasteiger partial charge in [-0.05, 0) is 24.3 Å².